The predicted octanol–water partition coefficient (Wildman–Crippen LogP) is 17.8. The van der Waals surface area contributed by atoms with Gasteiger partial charge in [0, 0.05) is 50.2 Å². The van der Waals surface area contributed by atoms with E-state index in [0.717, 1.165) is 73.0 Å². The highest BCUT2D eigenvalue weighted by Gasteiger charge is 2.25. The molecule has 3 nitrogen and oxygen atoms in total. The molecule has 0 bridgehead atoms. The normalized spacial score (nSPS) is 11.3. The van der Waals surface area contributed by atoms with E-state index < -0.39 is 0 Å². The van der Waals surface area contributed by atoms with Crippen molar-refractivity contribution >= 4 is 38.7 Å². The molecule has 10 aromatic carbocycles. The highest BCUT2D eigenvalue weighted by atomic mass is 16.3. The second kappa shape index (κ2) is 17.2. The molecule has 0 aliphatic carbocycles. The molecule has 67 heavy (non-hydrogen) atoms. The zero-order valence-corrected chi connectivity index (χ0v) is 36.7. The molecule has 316 valence electrons. The van der Waals surface area contributed by atoms with Crippen LogP contribution in [-0.4, -0.2) is 4.57 Å². The van der Waals surface area contributed by atoms with Crippen LogP contribution in [0.15, 0.2) is 271 Å². The zero-order chi connectivity index (χ0) is 44.5. The van der Waals surface area contributed by atoms with Gasteiger partial charge in [0.05, 0.1) is 11.2 Å². The van der Waals surface area contributed by atoms with Crippen LogP contribution in [0.3, 0.4) is 0 Å². The first-order chi connectivity index (χ1) is 33.2. The quantitative estimate of drug-likeness (QED) is 0.137. The third-order valence-corrected chi connectivity index (χ3v) is 12.8. The van der Waals surface area contributed by atoms with E-state index in [1.54, 1.807) is 0 Å². The summed E-state index contributed by atoms with van der Waals surface area (Å²) in [5.74, 6) is 1.63. The summed E-state index contributed by atoms with van der Waals surface area (Å²) in [7, 11) is 0. The molecule has 2 heterocycles. The predicted molar refractivity (Wildman–Crippen MR) is 280 cm³/mol. The van der Waals surface area contributed by atoms with Gasteiger partial charge in [-0.3, -0.25) is 0 Å². The Bertz CT molecular complexity index is 3530. The van der Waals surface area contributed by atoms with Gasteiger partial charge in [-0.1, -0.05) is 188 Å². The molecule has 0 atom stereocenters. The van der Waals surface area contributed by atoms with Crippen molar-refractivity contribution < 1.29 is 4.42 Å². The molecule has 3 heteroatoms. The number of para-hydroxylation sites is 1. The lowest BCUT2D eigenvalue weighted by Crippen LogP contribution is -2.09. The van der Waals surface area contributed by atoms with E-state index in [4.69, 9.17) is 4.42 Å². The van der Waals surface area contributed by atoms with Gasteiger partial charge in [-0.2, -0.15) is 0 Å². The number of furan rings is 1. The van der Waals surface area contributed by atoms with Crippen LogP contribution < -0.4 is 4.90 Å². The van der Waals surface area contributed by atoms with Crippen LogP contribution in [0.4, 0.5) is 17.1 Å². The fraction of sp³-hybridized carbons (Fsp3) is 0. The maximum absolute atomic E-state index is 6.92. The van der Waals surface area contributed by atoms with Crippen LogP contribution in [0.2, 0.25) is 0 Å². The molecule has 0 radical (unpaired) electrons. The molecular weight excluding hydrogens is 813 g/mol. The van der Waals surface area contributed by atoms with Gasteiger partial charge in [-0.15, -0.1) is 0 Å². The van der Waals surface area contributed by atoms with Gasteiger partial charge in [0.25, 0.3) is 0 Å². The van der Waals surface area contributed by atoms with E-state index >= 15 is 0 Å². The molecule has 0 saturated carbocycles. The van der Waals surface area contributed by atoms with E-state index in [9.17, 15) is 0 Å². The number of hydrogen-bond acceptors (Lipinski definition) is 2. The second-order valence-corrected chi connectivity index (χ2v) is 16.9. The summed E-state index contributed by atoms with van der Waals surface area (Å²) < 4.78 is 9.38. The Morgan fingerprint density at radius 3 is 1.22 bits per heavy atom. The van der Waals surface area contributed by atoms with Crippen molar-refractivity contribution in [1.82, 2.24) is 4.57 Å². The first-order valence-electron chi connectivity index (χ1n) is 22.8. The van der Waals surface area contributed by atoms with Crippen molar-refractivity contribution in [2.24, 2.45) is 0 Å². The van der Waals surface area contributed by atoms with Gasteiger partial charge in [-0.25, -0.2) is 0 Å². The fourth-order valence-corrected chi connectivity index (χ4v) is 9.68. The number of hydrogen-bond donors (Lipinski definition) is 0. The average Bonchev–Trinajstić information content (AvgIpc) is 4.05. The Balaban J connectivity index is 0.961. The van der Waals surface area contributed by atoms with Crippen molar-refractivity contribution in [1.29, 1.82) is 0 Å². The monoisotopic (exact) mass is 856 g/mol. The molecule has 0 unspecified atom stereocenters. The lowest BCUT2D eigenvalue weighted by molar-refractivity contribution is 0.598. The summed E-state index contributed by atoms with van der Waals surface area (Å²) >= 11 is 0. The molecule has 0 aliphatic heterocycles. The lowest BCUT2D eigenvalue weighted by atomic mass is 9.94. The fourth-order valence-electron chi connectivity index (χ4n) is 9.68. The number of anilines is 3. The molecule has 12 rings (SSSR count). The molecule has 0 aliphatic rings. The molecule has 0 fully saturated rings. The van der Waals surface area contributed by atoms with Gasteiger partial charge in [0.15, 0.2) is 0 Å². The van der Waals surface area contributed by atoms with Gasteiger partial charge in [0.2, 0.25) is 0 Å². The first-order valence-corrected chi connectivity index (χ1v) is 22.8. The minimum Gasteiger partial charge on any atom is -0.456 e. The van der Waals surface area contributed by atoms with Gasteiger partial charge < -0.3 is 13.9 Å². The number of nitrogens with zero attached hydrogens (tertiary/aromatic N) is 2. The van der Waals surface area contributed by atoms with Crippen LogP contribution in [0.1, 0.15) is 0 Å². The topological polar surface area (TPSA) is 21.3 Å². The smallest absolute Gasteiger partial charge is 0.135 e. The second-order valence-electron chi connectivity index (χ2n) is 16.9. The van der Waals surface area contributed by atoms with Crippen LogP contribution in [0.5, 0.6) is 0 Å². The maximum atomic E-state index is 6.92. The third kappa shape index (κ3) is 7.39. The molecular formula is C64H44N2O. The van der Waals surface area contributed by atoms with Gasteiger partial charge >= 0.3 is 0 Å². The minimum absolute atomic E-state index is 0.812. The van der Waals surface area contributed by atoms with E-state index in [1.165, 1.54) is 38.7 Å². The standard InChI is InChI=1S/C64H44N2O/c1-6-18-45(19-7-1)47-30-36-53(37-31-47)65(54-38-32-48(33-39-54)46-20-8-2-9-21-46)55-40-34-49(35-41-55)60-42-43-61(67-60)58-44-59-62(50-22-10-3-11-23-50)63(51-24-12-4-13-25-51)66(52-26-14-5-15-27-52)64(59)57-29-17-16-28-56(57)58/h1-44H. The molecule has 0 spiro atoms. The summed E-state index contributed by atoms with van der Waals surface area (Å²) in [5, 5.41) is 3.46. The SMILES string of the molecule is c1ccc(-c2ccc(N(c3ccc(-c4ccccc4)cc3)c3ccc(-c4ccc(-c5cc6c(-c7ccccc7)c(-c7ccccc7)n(-c7ccccc7)c6c6ccccc56)o4)cc3)cc2)cc1. The summed E-state index contributed by atoms with van der Waals surface area (Å²) in [6.45, 7) is 0. The lowest BCUT2D eigenvalue weighted by Gasteiger charge is -2.26. The van der Waals surface area contributed by atoms with Gasteiger partial charge in [-0.05, 0) is 118 Å². The van der Waals surface area contributed by atoms with E-state index in [1.807, 2.05) is 0 Å². The van der Waals surface area contributed by atoms with Crippen LogP contribution in [0, 0.1) is 0 Å². The summed E-state index contributed by atoms with van der Waals surface area (Å²) in [5.41, 5.74) is 17.0. The first kappa shape index (κ1) is 39.7. The van der Waals surface area contributed by atoms with E-state index in [2.05, 4.69) is 276 Å². The molecule has 12 aromatic rings. The Morgan fingerprint density at radius 1 is 0.299 bits per heavy atom. The number of rotatable bonds is 10. The van der Waals surface area contributed by atoms with Crippen molar-refractivity contribution in [2.45, 2.75) is 0 Å². The maximum Gasteiger partial charge on any atom is 0.135 e. The molecule has 2 aromatic heterocycles. The highest BCUT2D eigenvalue weighted by Crippen LogP contribution is 2.48. The largest absolute Gasteiger partial charge is 0.456 e. The van der Waals surface area contributed by atoms with Crippen molar-refractivity contribution in [3.8, 4) is 73.0 Å². The van der Waals surface area contributed by atoms with E-state index in [-0.39, 0.29) is 0 Å². The van der Waals surface area contributed by atoms with E-state index in [0.29, 0.717) is 0 Å². The average molecular weight is 857 g/mol. The molecule has 0 N–H and O–H groups in total. The molecule has 0 saturated heterocycles. The number of aromatic nitrogens is 1. The van der Waals surface area contributed by atoms with Gasteiger partial charge in [0.1, 0.15) is 11.5 Å². The highest BCUT2D eigenvalue weighted by molar-refractivity contribution is 6.19. The third-order valence-electron chi connectivity index (χ3n) is 12.8. The minimum atomic E-state index is 0.812. The van der Waals surface area contributed by atoms with Crippen LogP contribution in [-0.2, 0) is 0 Å². The Labute approximate surface area is 390 Å². The van der Waals surface area contributed by atoms with Crippen LogP contribution in [0.25, 0.3) is 94.6 Å². The van der Waals surface area contributed by atoms with Crippen LogP contribution >= 0.6 is 0 Å². The Kier molecular flexibility index (Phi) is 10.2. The van der Waals surface area contributed by atoms with Crippen molar-refractivity contribution in [3.05, 3.63) is 267 Å². The van der Waals surface area contributed by atoms with Crippen molar-refractivity contribution in [3.63, 3.8) is 0 Å². The summed E-state index contributed by atoms with van der Waals surface area (Å²) in [6.07, 6.45) is 0. The Morgan fingerprint density at radius 2 is 0.701 bits per heavy atom. The number of benzene rings is 10. The Hall–Kier alpha value is -8.92. The number of fused-ring (bicyclic) bond motifs is 3. The summed E-state index contributed by atoms with van der Waals surface area (Å²) in [4.78, 5) is 2.32. The zero-order valence-electron chi connectivity index (χ0n) is 36.7. The molecule has 0 amide bonds. The summed E-state index contributed by atoms with van der Waals surface area (Å²) in [6, 6.07) is 95.1. The van der Waals surface area contributed by atoms with Crippen molar-refractivity contribution in [2.75, 3.05) is 4.90 Å².